The van der Waals surface area contributed by atoms with Gasteiger partial charge in [0.1, 0.15) is 5.75 Å². The fourth-order valence-corrected chi connectivity index (χ4v) is 2.98. The maximum Gasteiger partial charge on any atom is 0.273 e. The summed E-state index contributed by atoms with van der Waals surface area (Å²) in [6.45, 7) is -0.160. The Bertz CT molecular complexity index is 1070. The molecule has 1 atom stereocenters. The third-order valence-electron chi connectivity index (χ3n) is 4.36. The van der Waals surface area contributed by atoms with Crippen molar-refractivity contribution in [1.82, 2.24) is 5.43 Å². The average Bonchev–Trinajstić information content (AvgIpc) is 2.81. The summed E-state index contributed by atoms with van der Waals surface area (Å²) in [6, 6.07) is 23.0. The van der Waals surface area contributed by atoms with Gasteiger partial charge in [-0.1, -0.05) is 54.1 Å². The minimum absolute atomic E-state index is 0.160. The molecule has 0 fully saturated rings. The van der Waals surface area contributed by atoms with Gasteiger partial charge in [-0.05, 0) is 47.5 Å². The molecule has 0 aliphatic carbocycles. The van der Waals surface area contributed by atoms with E-state index in [2.05, 4.69) is 15.8 Å². The summed E-state index contributed by atoms with van der Waals surface area (Å²) in [7, 11) is 1.47. The molecule has 0 saturated carbocycles. The third-order valence-corrected chi connectivity index (χ3v) is 4.69. The molecule has 32 heavy (non-hydrogen) atoms. The summed E-state index contributed by atoms with van der Waals surface area (Å²) >= 11 is 6.02. The van der Waals surface area contributed by atoms with Crippen molar-refractivity contribution in [2.24, 2.45) is 5.10 Å². The van der Waals surface area contributed by atoms with E-state index in [1.54, 1.807) is 48.5 Å². The van der Waals surface area contributed by atoms with E-state index in [9.17, 15) is 9.59 Å². The Kier molecular flexibility index (Phi) is 8.36. The summed E-state index contributed by atoms with van der Waals surface area (Å²) in [5.74, 6) is -0.180. The van der Waals surface area contributed by atoms with Gasteiger partial charge in [0.15, 0.2) is 12.7 Å². The van der Waals surface area contributed by atoms with Crippen molar-refractivity contribution in [1.29, 1.82) is 0 Å². The Balaban J connectivity index is 1.48. The predicted molar refractivity (Wildman–Crippen MR) is 124 cm³/mol. The number of ether oxygens (including phenoxy) is 2. The monoisotopic (exact) mass is 451 g/mol. The zero-order valence-corrected chi connectivity index (χ0v) is 18.1. The maximum absolute atomic E-state index is 12.3. The average molecular weight is 452 g/mol. The molecule has 0 aliphatic rings. The molecule has 0 spiro atoms. The number of para-hydroxylation sites is 1. The first-order valence-electron chi connectivity index (χ1n) is 9.74. The van der Waals surface area contributed by atoms with Gasteiger partial charge in [0, 0.05) is 7.11 Å². The molecule has 3 aromatic carbocycles. The Hall–Kier alpha value is -3.68. The van der Waals surface area contributed by atoms with Gasteiger partial charge < -0.3 is 14.8 Å². The first-order valence-corrected chi connectivity index (χ1v) is 10.1. The lowest BCUT2D eigenvalue weighted by Crippen LogP contribution is -2.26. The molecule has 2 amide bonds. The molecule has 3 aromatic rings. The molecule has 164 valence electrons. The van der Waals surface area contributed by atoms with Crippen LogP contribution in [0, 0.1) is 0 Å². The van der Waals surface area contributed by atoms with Crippen LogP contribution in [0.4, 0.5) is 5.69 Å². The summed E-state index contributed by atoms with van der Waals surface area (Å²) in [5, 5.41) is 7.12. The molecule has 0 heterocycles. The summed E-state index contributed by atoms with van der Waals surface area (Å²) < 4.78 is 10.8. The van der Waals surface area contributed by atoms with Gasteiger partial charge in [-0.25, -0.2) is 5.43 Å². The van der Waals surface area contributed by atoms with E-state index in [1.165, 1.54) is 13.3 Å². The second-order valence-corrected chi connectivity index (χ2v) is 7.05. The van der Waals surface area contributed by atoms with Crippen molar-refractivity contribution in [3.8, 4) is 5.75 Å². The number of anilines is 1. The van der Waals surface area contributed by atoms with Crippen molar-refractivity contribution in [2.45, 2.75) is 6.10 Å². The van der Waals surface area contributed by atoms with Gasteiger partial charge in [-0.15, -0.1) is 0 Å². The second-order valence-electron chi connectivity index (χ2n) is 6.65. The van der Waals surface area contributed by atoms with Crippen LogP contribution < -0.4 is 15.5 Å². The van der Waals surface area contributed by atoms with Crippen LogP contribution in [0.5, 0.6) is 5.75 Å². The van der Waals surface area contributed by atoms with Crippen LogP contribution >= 0.6 is 11.6 Å². The first-order chi connectivity index (χ1) is 15.6. The van der Waals surface area contributed by atoms with Crippen LogP contribution in [0.25, 0.3) is 0 Å². The summed E-state index contributed by atoms with van der Waals surface area (Å²) in [4.78, 5) is 24.3. The van der Waals surface area contributed by atoms with E-state index >= 15 is 0 Å². The number of nitrogens with one attached hydrogen (secondary N) is 2. The van der Waals surface area contributed by atoms with Crippen molar-refractivity contribution in [2.75, 3.05) is 19.0 Å². The number of amides is 2. The molecule has 0 bridgehead atoms. The number of hydrogen-bond donors (Lipinski definition) is 2. The topological polar surface area (TPSA) is 89.0 Å². The zero-order valence-electron chi connectivity index (χ0n) is 17.3. The largest absolute Gasteiger partial charge is 0.484 e. The zero-order chi connectivity index (χ0) is 22.8. The van der Waals surface area contributed by atoms with Crippen molar-refractivity contribution in [3.63, 3.8) is 0 Å². The van der Waals surface area contributed by atoms with Crippen LogP contribution in [0.2, 0.25) is 5.02 Å². The number of carbonyl (C=O) groups excluding carboxylic acids is 2. The minimum Gasteiger partial charge on any atom is -0.484 e. The predicted octanol–water partition coefficient (Wildman–Crippen LogP) is 4.20. The Labute approximate surface area is 191 Å². The van der Waals surface area contributed by atoms with Gasteiger partial charge in [-0.3, -0.25) is 9.59 Å². The van der Waals surface area contributed by atoms with Crippen LogP contribution in [0.3, 0.4) is 0 Å². The molecule has 8 heteroatoms. The van der Waals surface area contributed by atoms with Gasteiger partial charge in [-0.2, -0.15) is 5.10 Å². The van der Waals surface area contributed by atoms with E-state index < -0.39 is 6.10 Å². The van der Waals surface area contributed by atoms with Crippen LogP contribution in [-0.4, -0.2) is 31.7 Å². The molecule has 0 aliphatic heterocycles. The number of carbonyl (C=O) groups is 2. The van der Waals surface area contributed by atoms with E-state index in [0.717, 1.165) is 11.1 Å². The number of nitrogens with zero attached hydrogens (tertiary/aromatic N) is 1. The number of rotatable bonds is 9. The highest BCUT2D eigenvalue weighted by molar-refractivity contribution is 6.33. The number of methoxy groups -OCH3 is 1. The Morgan fingerprint density at radius 3 is 2.38 bits per heavy atom. The normalized spacial score (nSPS) is 11.7. The molecule has 0 radical (unpaired) electrons. The Morgan fingerprint density at radius 2 is 1.69 bits per heavy atom. The highest BCUT2D eigenvalue weighted by Gasteiger charge is 2.19. The fourth-order valence-electron chi connectivity index (χ4n) is 2.80. The Morgan fingerprint density at radius 1 is 1.00 bits per heavy atom. The molecular formula is C24H22ClN3O4. The van der Waals surface area contributed by atoms with E-state index in [1.807, 2.05) is 30.3 Å². The SMILES string of the molecule is CO[C@@H](C(=O)N/N=C\c1ccc(OCC(=O)Nc2ccccc2Cl)cc1)c1ccccc1. The second kappa shape index (κ2) is 11.6. The molecule has 0 saturated heterocycles. The lowest BCUT2D eigenvalue weighted by atomic mass is 10.1. The maximum atomic E-state index is 12.3. The molecule has 3 rings (SSSR count). The van der Waals surface area contributed by atoms with Crippen molar-refractivity contribution in [3.05, 3.63) is 95.0 Å². The number of hydrogen-bond acceptors (Lipinski definition) is 5. The van der Waals surface area contributed by atoms with E-state index in [4.69, 9.17) is 21.1 Å². The molecule has 0 aromatic heterocycles. The quantitative estimate of drug-likeness (QED) is 0.377. The summed E-state index contributed by atoms with van der Waals surface area (Å²) in [6.07, 6.45) is 0.754. The van der Waals surface area contributed by atoms with Gasteiger partial charge in [0.2, 0.25) is 0 Å². The van der Waals surface area contributed by atoms with E-state index in [0.29, 0.717) is 16.5 Å². The number of hydrazone groups is 1. The highest BCUT2D eigenvalue weighted by Crippen LogP contribution is 2.20. The molecular weight excluding hydrogens is 430 g/mol. The number of halogens is 1. The van der Waals surface area contributed by atoms with Gasteiger partial charge in [0.05, 0.1) is 16.9 Å². The van der Waals surface area contributed by atoms with Crippen LogP contribution in [0.1, 0.15) is 17.2 Å². The molecule has 7 nitrogen and oxygen atoms in total. The number of benzene rings is 3. The smallest absolute Gasteiger partial charge is 0.273 e. The molecule has 2 N–H and O–H groups in total. The lowest BCUT2D eigenvalue weighted by molar-refractivity contribution is -0.131. The van der Waals surface area contributed by atoms with Crippen LogP contribution in [-0.2, 0) is 14.3 Å². The standard InChI is InChI=1S/C24H22ClN3O4/c1-31-23(18-7-3-2-4-8-18)24(30)28-26-15-17-11-13-19(14-12-17)32-16-22(29)27-21-10-6-5-9-20(21)25/h2-15,23H,16H2,1H3,(H,27,29)(H,28,30)/b26-15-/t23-/m1/s1. The van der Waals surface area contributed by atoms with Gasteiger partial charge >= 0.3 is 0 Å². The van der Waals surface area contributed by atoms with Crippen molar-refractivity contribution < 1.29 is 19.1 Å². The van der Waals surface area contributed by atoms with Gasteiger partial charge in [0.25, 0.3) is 11.8 Å². The first kappa shape index (κ1) is 23.0. The lowest BCUT2D eigenvalue weighted by Gasteiger charge is -2.13. The highest BCUT2D eigenvalue weighted by atomic mass is 35.5. The summed E-state index contributed by atoms with van der Waals surface area (Å²) in [5.41, 5.74) is 4.48. The minimum atomic E-state index is -0.749. The fraction of sp³-hybridized carbons (Fsp3) is 0.125. The molecule has 0 unspecified atom stereocenters. The van der Waals surface area contributed by atoms with E-state index in [-0.39, 0.29) is 18.4 Å². The van der Waals surface area contributed by atoms with Crippen LogP contribution in [0.15, 0.2) is 84.0 Å². The van der Waals surface area contributed by atoms with Crippen molar-refractivity contribution >= 4 is 35.3 Å². The third kappa shape index (κ3) is 6.66.